The van der Waals surface area contributed by atoms with Gasteiger partial charge >= 0.3 is 0 Å². The SMILES string of the molecule is COc1ccc(CN2CCN(C(=O)CNC(=O)c3cccc(F)c3)CC2)cc1. The Morgan fingerprint density at radius 2 is 1.79 bits per heavy atom. The van der Waals surface area contributed by atoms with Gasteiger partial charge in [0.25, 0.3) is 5.91 Å². The van der Waals surface area contributed by atoms with Gasteiger partial charge in [-0.05, 0) is 35.9 Å². The fourth-order valence-electron chi connectivity index (χ4n) is 3.14. The molecule has 2 aromatic carbocycles. The number of carbonyl (C=O) groups is 2. The second-order valence-corrected chi connectivity index (χ2v) is 6.70. The van der Waals surface area contributed by atoms with E-state index in [9.17, 15) is 14.0 Å². The van der Waals surface area contributed by atoms with Crippen LogP contribution in [0.25, 0.3) is 0 Å². The van der Waals surface area contributed by atoms with Crippen LogP contribution in [0.15, 0.2) is 48.5 Å². The molecule has 0 unspecified atom stereocenters. The Labute approximate surface area is 163 Å². The molecule has 0 bridgehead atoms. The van der Waals surface area contributed by atoms with Gasteiger partial charge in [0.15, 0.2) is 0 Å². The molecule has 0 atom stereocenters. The highest BCUT2D eigenvalue weighted by Crippen LogP contribution is 2.14. The number of nitrogens with zero attached hydrogens (tertiary/aromatic N) is 2. The fourth-order valence-corrected chi connectivity index (χ4v) is 3.14. The third-order valence-electron chi connectivity index (χ3n) is 4.78. The summed E-state index contributed by atoms with van der Waals surface area (Å²) in [5.74, 6) is -0.230. The third kappa shape index (κ3) is 5.29. The number of hydrogen-bond acceptors (Lipinski definition) is 4. The van der Waals surface area contributed by atoms with Crippen molar-refractivity contribution in [1.82, 2.24) is 15.1 Å². The predicted octanol–water partition coefficient (Wildman–Crippen LogP) is 1.91. The molecular formula is C21H24FN3O3. The van der Waals surface area contributed by atoms with E-state index >= 15 is 0 Å². The van der Waals surface area contributed by atoms with Gasteiger partial charge in [-0.3, -0.25) is 14.5 Å². The van der Waals surface area contributed by atoms with E-state index in [4.69, 9.17) is 4.74 Å². The molecule has 6 nitrogen and oxygen atoms in total. The molecule has 2 amide bonds. The Kier molecular flexibility index (Phi) is 6.60. The first-order valence-corrected chi connectivity index (χ1v) is 9.22. The van der Waals surface area contributed by atoms with Gasteiger partial charge in [-0.1, -0.05) is 18.2 Å². The first-order chi connectivity index (χ1) is 13.5. The zero-order valence-corrected chi connectivity index (χ0v) is 15.9. The third-order valence-corrected chi connectivity index (χ3v) is 4.78. The number of amides is 2. The van der Waals surface area contributed by atoms with Crippen LogP contribution < -0.4 is 10.1 Å². The van der Waals surface area contributed by atoms with Crippen molar-refractivity contribution in [2.45, 2.75) is 6.54 Å². The van der Waals surface area contributed by atoms with Gasteiger partial charge in [-0.25, -0.2) is 4.39 Å². The summed E-state index contributed by atoms with van der Waals surface area (Å²) in [7, 11) is 1.64. The molecule has 0 aromatic heterocycles. The highest BCUT2D eigenvalue weighted by molar-refractivity contribution is 5.96. The highest BCUT2D eigenvalue weighted by atomic mass is 19.1. The molecule has 3 rings (SSSR count). The van der Waals surface area contributed by atoms with E-state index in [1.54, 1.807) is 12.0 Å². The van der Waals surface area contributed by atoms with Crippen molar-refractivity contribution in [3.63, 3.8) is 0 Å². The molecule has 1 heterocycles. The Bertz CT molecular complexity index is 818. The van der Waals surface area contributed by atoms with Gasteiger partial charge in [-0.2, -0.15) is 0 Å². The summed E-state index contributed by atoms with van der Waals surface area (Å²) in [5, 5.41) is 2.56. The van der Waals surface area contributed by atoms with Crippen LogP contribution in [0.4, 0.5) is 4.39 Å². The van der Waals surface area contributed by atoms with Crippen molar-refractivity contribution in [3.8, 4) is 5.75 Å². The van der Waals surface area contributed by atoms with Crippen molar-refractivity contribution in [1.29, 1.82) is 0 Å². The fraction of sp³-hybridized carbons (Fsp3) is 0.333. The highest BCUT2D eigenvalue weighted by Gasteiger charge is 2.21. The number of methoxy groups -OCH3 is 1. The van der Waals surface area contributed by atoms with Crippen LogP contribution in [0.3, 0.4) is 0 Å². The number of piperazine rings is 1. The molecule has 2 aromatic rings. The van der Waals surface area contributed by atoms with Crippen LogP contribution >= 0.6 is 0 Å². The molecule has 28 heavy (non-hydrogen) atoms. The lowest BCUT2D eigenvalue weighted by atomic mass is 10.2. The number of rotatable bonds is 6. The number of benzene rings is 2. The Morgan fingerprint density at radius 3 is 2.43 bits per heavy atom. The minimum atomic E-state index is -0.480. The number of hydrogen-bond donors (Lipinski definition) is 1. The van der Waals surface area contributed by atoms with Gasteiger partial charge in [0.05, 0.1) is 13.7 Å². The standard InChI is InChI=1S/C21H24FN3O3/c1-28-19-7-5-16(6-8-19)15-24-9-11-25(12-10-24)20(26)14-23-21(27)17-3-2-4-18(22)13-17/h2-8,13H,9-12,14-15H2,1H3,(H,23,27). The van der Waals surface area contributed by atoms with Crippen LogP contribution in [0.2, 0.25) is 0 Å². The normalized spacial score (nSPS) is 14.6. The molecule has 1 N–H and O–H groups in total. The topological polar surface area (TPSA) is 61.9 Å². The van der Waals surface area contributed by atoms with Crippen molar-refractivity contribution in [2.75, 3.05) is 39.8 Å². The minimum Gasteiger partial charge on any atom is -0.497 e. The second kappa shape index (κ2) is 9.32. The average Bonchev–Trinajstić information content (AvgIpc) is 2.73. The van der Waals surface area contributed by atoms with Gasteiger partial charge in [0, 0.05) is 38.3 Å². The van der Waals surface area contributed by atoms with E-state index in [1.807, 2.05) is 24.3 Å². The molecule has 148 valence electrons. The Morgan fingerprint density at radius 1 is 1.07 bits per heavy atom. The van der Waals surface area contributed by atoms with Crippen molar-refractivity contribution >= 4 is 11.8 Å². The zero-order chi connectivity index (χ0) is 19.9. The van der Waals surface area contributed by atoms with E-state index in [-0.39, 0.29) is 18.0 Å². The Balaban J connectivity index is 1.42. The molecule has 1 saturated heterocycles. The van der Waals surface area contributed by atoms with E-state index < -0.39 is 11.7 Å². The lowest BCUT2D eigenvalue weighted by molar-refractivity contribution is -0.131. The molecular weight excluding hydrogens is 361 g/mol. The summed E-state index contributed by atoms with van der Waals surface area (Å²) < 4.78 is 18.3. The number of halogens is 1. The van der Waals surface area contributed by atoms with Gasteiger partial charge in [0.2, 0.25) is 5.91 Å². The van der Waals surface area contributed by atoms with Crippen LogP contribution in [0.5, 0.6) is 5.75 Å². The van der Waals surface area contributed by atoms with E-state index in [1.165, 1.54) is 23.8 Å². The molecule has 0 saturated carbocycles. The lowest BCUT2D eigenvalue weighted by Gasteiger charge is -2.34. The maximum atomic E-state index is 13.2. The molecule has 7 heteroatoms. The monoisotopic (exact) mass is 385 g/mol. The smallest absolute Gasteiger partial charge is 0.251 e. The van der Waals surface area contributed by atoms with Crippen molar-refractivity contribution < 1.29 is 18.7 Å². The summed E-state index contributed by atoms with van der Waals surface area (Å²) in [4.78, 5) is 28.4. The number of ether oxygens (including phenoxy) is 1. The van der Waals surface area contributed by atoms with Gasteiger partial charge in [-0.15, -0.1) is 0 Å². The summed E-state index contributed by atoms with van der Waals surface area (Å²) in [5.41, 5.74) is 1.40. The molecule has 0 radical (unpaired) electrons. The molecule has 0 spiro atoms. The quantitative estimate of drug-likeness (QED) is 0.825. The maximum absolute atomic E-state index is 13.2. The minimum absolute atomic E-state index is 0.0895. The van der Waals surface area contributed by atoms with Crippen molar-refractivity contribution in [3.05, 3.63) is 65.5 Å². The summed E-state index contributed by atoms with van der Waals surface area (Å²) in [6.07, 6.45) is 0. The van der Waals surface area contributed by atoms with Gasteiger partial charge in [0.1, 0.15) is 11.6 Å². The zero-order valence-electron chi connectivity index (χ0n) is 15.9. The van der Waals surface area contributed by atoms with Crippen LogP contribution in [-0.4, -0.2) is 61.4 Å². The largest absolute Gasteiger partial charge is 0.497 e. The summed E-state index contributed by atoms with van der Waals surface area (Å²) in [6, 6.07) is 13.4. The first kappa shape index (κ1) is 19.8. The van der Waals surface area contributed by atoms with Crippen molar-refractivity contribution in [2.24, 2.45) is 0 Å². The van der Waals surface area contributed by atoms with Gasteiger partial charge < -0.3 is 15.0 Å². The molecule has 1 fully saturated rings. The summed E-state index contributed by atoms with van der Waals surface area (Å²) >= 11 is 0. The Hall–Kier alpha value is -2.93. The second-order valence-electron chi connectivity index (χ2n) is 6.70. The van der Waals surface area contributed by atoms with Crippen LogP contribution in [0.1, 0.15) is 15.9 Å². The van der Waals surface area contributed by atoms with E-state index in [2.05, 4.69) is 10.2 Å². The van der Waals surface area contributed by atoms with Crippen LogP contribution in [-0.2, 0) is 11.3 Å². The number of carbonyl (C=O) groups excluding carboxylic acids is 2. The first-order valence-electron chi connectivity index (χ1n) is 9.22. The lowest BCUT2D eigenvalue weighted by Crippen LogP contribution is -2.50. The van der Waals surface area contributed by atoms with E-state index in [0.29, 0.717) is 13.1 Å². The summed E-state index contributed by atoms with van der Waals surface area (Å²) in [6.45, 7) is 3.51. The predicted molar refractivity (Wildman–Crippen MR) is 104 cm³/mol. The van der Waals surface area contributed by atoms with Crippen LogP contribution in [0, 0.1) is 5.82 Å². The molecule has 0 aliphatic carbocycles. The number of nitrogens with one attached hydrogen (secondary N) is 1. The molecule has 1 aliphatic rings. The maximum Gasteiger partial charge on any atom is 0.251 e. The average molecular weight is 385 g/mol. The molecule has 1 aliphatic heterocycles. The van der Waals surface area contributed by atoms with E-state index in [0.717, 1.165) is 31.5 Å².